The van der Waals surface area contributed by atoms with E-state index in [0.717, 1.165) is 12.3 Å². The normalized spacial score (nSPS) is 11.1. The zero-order chi connectivity index (χ0) is 15.3. The van der Waals surface area contributed by atoms with Gasteiger partial charge in [0.05, 0.1) is 10.7 Å². The summed E-state index contributed by atoms with van der Waals surface area (Å²) in [7, 11) is -3.22. The molecule has 1 N–H and O–H groups in total. The summed E-state index contributed by atoms with van der Waals surface area (Å²) in [4.78, 5) is 25.3. The lowest BCUT2D eigenvalue weighted by Crippen LogP contribution is -2.30. The lowest BCUT2D eigenvalue weighted by atomic mass is 10.2. The summed E-state index contributed by atoms with van der Waals surface area (Å²) >= 11 is 5.57. The number of rotatable bonds is 6. The number of nitrogens with zero attached hydrogens (tertiary/aromatic N) is 2. The van der Waals surface area contributed by atoms with Gasteiger partial charge in [-0.1, -0.05) is 18.5 Å². The summed E-state index contributed by atoms with van der Waals surface area (Å²) in [5.41, 5.74) is -0.867. The molecule has 0 spiro atoms. The first-order valence-electron chi connectivity index (χ1n) is 5.56. The molecule has 20 heavy (non-hydrogen) atoms. The first-order valence-corrected chi connectivity index (χ1v) is 7.76. The number of hydrogen-bond donors (Lipinski definition) is 1. The van der Waals surface area contributed by atoms with Crippen molar-refractivity contribution in [3.05, 3.63) is 33.1 Å². The molecular weight excluding hydrogens is 310 g/mol. The molecule has 0 aromatic carbocycles. The Morgan fingerprint density at radius 2 is 2.20 bits per heavy atom. The molecule has 0 aliphatic rings. The largest absolute Gasteiger partial charge is 0.351 e. The van der Waals surface area contributed by atoms with E-state index < -0.39 is 31.5 Å². The molecule has 0 fully saturated rings. The van der Waals surface area contributed by atoms with Gasteiger partial charge in [-0.2, -0.15) is 0 Å². The lowest BCUT2D eigenvalue weighted by molar-refractivity contribution is -0.385. The van der Waals surface area contributed by atoms with Crippen LogP contribution in [0.5, 0.6) is 0 Å². The average molecular weight is 322 g/mol. The summed E-state index contributed by atoms with van der Waals surface area (Å²) in [5, 5.41) is 12.7. The van der Waals surface area contributed by atoms with E-state index in [4.69, 9.17) is 11.6 Å². The average Bonchev–Trinajstić information content (AvgIpc) is 2.37. The first kappa shape index (κ1) is 16.3. The Morgan fingerprint density at radius 1 is 1.55 bits per heavy atom. The van der Waals surface area contributed by atoms with Gasteiger partial charge in [-0.05, 0) is 6.07 Å². The minimum Gasteiger partial charge on any atom is -0.351 e. The van der Waals surface area contributed by atoms with Gasteiger partial charge in [0.25, 0.3) is 5.91 Å². The van der Waals surface area contributed by atoms with Gasteiger partial charge in [-0.3, -0.25) is 14.9 Å². The molecule has 8 nitrogen and oxygen atoms in total. The first-order chi connectivity index (χ1) is 9.28. The Bertz CT molecular complexity index is 632. The number of amides is 1. The number of halogens is 1. The standard InChI is InChI=1S/C10H12ClN3O5S/c1-2-20(18,19)6-5-13-10(15)7-3-4-12-9(11)8(7)14(16)17/h3-4H,2,5-6H2,1H3,(H,13,15). The van der Waals surface area contributed by atoms with Crippen molar-refractivity contribution in [2.24, 2.45) is 0 Å². The van der Waals surface area contributed by atoms with Crippen LogP contribution in [0.2, 0.25) is 5.15 Å². The summed E-state index contributed by atoms with van der Waals surface area (Å²) in [5.74, 6) is -1.04. The van der Waals surface area contributed by atoms with E-state index in [1.54, 1.807) is 0 Å². The predicted molar refractivity (Wildman–Crippen MR) is 72.6 cm³/mol. The van der Waals surface area contributed by atoms with Crippen LogP contribution >= 0.6 is 11.6 Å². The van der Waals surface area contributed by atoms with Crippen LogP contribution in [0.1, 0.15) is 17.3 Å². The molecule has 1 amide bonds. The molecule has 0 saturated carbocycles. The van der Waals surface area contributed by atoms with Crippen molar-refractivity contribution in [3.63, 3.8) is 0 Å². The Kier molecular flexibility index (Phi) is 5.40. The number of nitro groups is 1. The molecule has 0 saturated heterocycles. The molecule has 0 radical (unpaired) electrons. The van der Waals surface area contributed by atoms with Crippen molar-refractivity contribution in [1.29, 1.82) is 0 Å². The van der Waals surface area contributed by atoms with Gasteiger partial charge in [-0.15, -0.1) is 0 Å². The number of nitrogens with one attached hydrogen (secondary N) is 1. The van der Waals surface area contributed by atoms with Gasteiger partial charge in [-0.25, -0.2) is 13.4 Å². The van der Waals surface area contributed by atoms with Crippen LogP contribution in [0.3, 0.4) is 0 Å². The number of hydrogen-bond acceptors (Lipinski definition) is 6. The SMILES string of the molecule is CCS(=O)(=O)CCNC(=O)c1ccnc(Cl)c1[N+](=O)[O-]. The van der Waals surface area contributed by atoms with Crippen LogP contribution in [-0.2, 0) is 9.84 Å². The van der Waals surface area contributed by atoms with Crippen LogP contribution < -0.4 is 5.32 Å². The van der Waals surface area contributed by atoms with E-state index in [0.29, 0.717) is 0 Å². The minimum absolute atomic E-state index is 0.0376. The Morgan fingerprint density at radius 3 is 2.75 bits per heavy atom. The Balaban J connectivity index is 2.84. The van der Waals surface area contributed by atoms with E-state index in [9.17, 15) is 23.3 Å². The van der Waals surface area contributed by atoms with Gasteiger partial charge in [0.1, 0.15) is 5.56 Å². The van der Waals surface area contributed by atoms with E-state index >= 15 is 0 Å². The molecule has 1 aromatic heterocycles. The third-order valence-electron chi connectivity index (χ3n) is 2.45. The fraction of sp³-hybridized carbons (Fsp3) is 0.400. The van der Waals surface area contributed by atoms with Gasteiger partial charge in [0.2, 0.25) is 5.15 Å². The van der Waals surface area contributed by atoms with Gasteiger partial charge < -0.3 is 5.32 Å². The zero-order valence-corrected chi connectivity index (χ0v) is 12.1. The van der Waals surface area contributed by atoms with Crippen molar-refractivity contribution < 1.29 is 18.1 Å². The van der Waals surface area contributed by atoms with Crippen molar-refractivity contribution in [2.45, 2.75) is 6.92 Å². The topological polar surface area (TPSA) is 119 Å². The van der Waals surface area contributed by atoms with E-state index in [2.05, 4.69) is 10.3 Å². The maximum absolute atomic E-state index is 11.8. The highest BCUT2D eigenvalue weighted by Crippen LogP contribution is 2.25. The molecule has 1 aromatic rings. The van der Waals surface area contributed by atoms with Crippen LogP contribution in [0.15, 0.2) is 12.3 Å². The second-order valence-corrected chi connectivity index (χ2v) is 6.58. The van der Waals surface area contributed by atoms with Gasteiger partial charge in [0.15, 0.2) is 9.84 Å². The van der Waals surface area contributed by atoms with Crippen molar-refractivity contribution in [2.75, 3.05) is 18.1 Å². The molecule has 1 heterocycles. The maximum atomic E-state index is 11.8. The Labute approximate surface area is 120 Å². The highest BCUT2D eigenvalue weighted by Gasteiger charge is 2.24. The molecular formula is C10H12ClN3O5S. The number of carbonyl (C=O) groups excluding carboxylic acids is 1. The van der Waals surface area contributed by atoms with Crippen molar-refractivity contribution >= 4 is 33.0 Å². The quantitative estimate of drug-likeness (QED) is 0.470. The number of pyridine rings is 1. The maximum Gasteiger partial charge on any atom is 0.319 e. The molecule has 0 aliphatic heterocycles. The number of aromatic nitrogens is 1. The highest BCUT2D eigenvalue weighted by molar-refractivity contribution is 7.91. The van der Waals surface area contributed by atoms with E-state index in [1.807, 2.05) is 0 Å². The second kappa shape index (κ2) is 6.62. The Hall–Kier alpha value is -1.74. The predicted octanol–water partition coefficient (Wildman–Crippen LogP) is 0.808. The smallest absolute Gasteiger partial charge is 0.319 e. The van der Waals surface area contributed by atoms with E-state index in [-0.39, 0.29) is 23.6 Å². The fourth-order valence-corrected chi connectivity index (χ4v) is 2.27. The van der Waals surface area contributed by atoms with Gasteiger partial charge in [0, 0.05) is 18.5 Å². The molecule has 0 bridgehead atoms. The fourth-order valence-electron chi connectivity index (χ4n) is 1.34. The van der Waals surface area contributed by atoms with E-state index in [1.165, 1.54) is 6.92 Å². The molecule has 0 unspecified atom stereocenters. The van der Waals surface area contributed by atoms with Crippen LogP contribution in [0, 0.1) is 10.1 Å². The summed E-state index contributed by atoms with van der Waals surface area (Å²) in [6.45, 7) is 1.36. The van der Waals surface area contributed by atoms with Crippen LogP contribution in [0.4, 0.5) is 5.69 Å². The number of carbonyl (C=O) groups is 1. The monoisotopic (exact) mass is 321 g/mol. The minimum atomic E-state index is -3.22. The molecule has 10 heteroatoms. The lowest BCUT2D eigenvalue weighted by Gasteiger charge is -2.06. The third kappa shape index (κ3) is 4.14. The van der Waals surface area contributed by atoms with Gasteiger partial charge >= 0.3 is 5.69 Å². The molecule has 0 atom stereocenters. The summed E-state index contributed by atoms with van der Waals surface area (Å²) in [6.07, 6.45) is 1.16. The van der Waals surface area contributed by atoms with Crippen molar-refractivity contribution in [3.8, 4) is 0 Å². The van der Waals surface area contributed by atoms with Crippen molar-refractivity contribution in [1.82, 2.24) is 10.3 Å². The van der Waals surface area contributed by atoms with Crippen LogP contribution in [-0.4, -0.2) is 42.3 Å². The third-order valence-corrected chi connectivity index (χ3v) is 4.43. The molecule has 1 rings (SSSR count). The summed E-state index contributed by atoms with van der Waals surface area (Å²) in [6, 6.07) is 1.15. The second-order valence-electron chi connectivity index (χ2n) is 3.75. The molecule has 110 valence electrons. The summed E-state index contributed by atoms with van der Waals surface area (Å²) < 4.78 is 22.5. The number of sulfone groups is 1. The van der Waals surface area contributed by atoms with Crippen LogP contribution in [0.25, 0.3) is 0 Å². The zero-order valence-electron chi connectivity index (χ0n) is 10.5. The highest BCUT2D eigenvalue weighted by atomic mass is 35.5. The molecule has 0 aliphatic carbocycles.